The van der Waals surface area contributed by atoms with Gasteiger partial charge in [0.2, 0.25) is 11.8 Å². The summed E-state index contributed by atoms with van der Waals surface area (Å²) in [4.78, 5) is 37.8. The van der Waals surface area contributed by atoms with E-state index in [0.717, 1.165) is 37.1 Å². The lowest BCUT2D eigenvalue weighted by Gasteiger charge is -2.33. The van der Waals surface area contributed by atoms with Crippen LogP contribution < -0.4 is 25.2 Å². The number of pyridine rings is 1. The minimum absolute atomic E-state index is 0.103. The van der Waals surface area contributed by atoms with E-state index in [0.29, 0.717) is 28.4 Å². The van der Waals surface area contributed by atoms with E-state index in [1.165, 1.54) is 11.9 Å². The van der Waals surface area contributed by atoms with Gasteiger partial charge in [0.25, 0.3) is 11.5 Å². The summed E-state index contributed by atoms with van der Waals surface area (Å²) in [6.45, 7) is 5.40. The second kappa shape index (κ2) is 12.0. The van der Waals surface area contributed by atoms with Gasteiger partial charge in [0.05, 0.1) is 35.8 Å². The van der Waals surface area contributed by atoms with Gasteiger partial charge < -0.3 is 15.0 Å². The van der Waals surface area contributed by atoms with Crippen molar-refractivity contribution in [3.8, 4) is 5.88 Å². The predicted octanol–water partition coefficient (Wildman–Crippen LogP) is 4.52. The third kappa shape index (κ3) is 5.84. The molecule has 0 aliphatic carbocycles. The minimum atomic E-state index is -0.352. The molecular formula is C28H33ClN8O3S. The van der Waals surface area contributed by atoms with Gasteiger partial charge in [0.1, 0.15) is 5.15 Å². The lowest BCUT2D eigenvalue weighted by molar-refractivity contribution is 0.0980. The fraction of sp³-hybridized carbons (Fsp3) is 0.393. The van der Waals surface area contributed by atoms with E-state index in [2.05, 4.69) is 25.0 Å². The first-order valence-corrected chi connectivity index (χ1v) is 14.9. The molecule has 1 saturated heterocycles. The lowest BCUT2D eigenvalue weighted by atomic mass is 10.0. The third-order valence-electron chi connectivity index (χ3n) is 7.35. The Hall–Kier alpha value is -3.77. The van der Waals surface area contributed by atoms with E-state index in [4.69, 9.17) is 21.3 Å². The fourth-order valence-electron chi connectivity index (χ4n) is 5.29. The van der Waals surface area contributed by atoms with Crippen LogP contribution in [0.15, 0.2) is 41.3 Å². The first-order valence-electron chi connectivity index (χ1n) is 13.3. The maximum atomic E-state index is 13.6. The molecular weight excluding hydrogens is 564 g/mol. The van der Waals surface area contributed by atoms with Gasteiger partial charge in [0.15, 0.2) is 5.69 Å². The number of hydrogen-bond acceptors (Lipinski definition) is 9. The predicted molar refractivity (Wildman–Crippen MR) is 163 cm³/mol. The first-order chi connectivity index (χ1) is 19.7. The summed E-state index contributed by atoms with van der Waals surface area (Å²) < 4.78 is 11.5. The first kappa shape index (κ1) is 28.7. The summed E-state index contributed by atoms with van der Waals surface area (Å²) in [6.07, 6.45) is 5.43. The van der Waals surface area contributed by atoms with Gasteiger partial charge >= 0.3 is 0 Å². The summed E-state index contributed by atoms with van der Waals surface area (Å²) >= 11 is 7.29. The van der Waals surface area contributed by atoms with Crippen molar-refractivity contribution in [3.05, 3.63) is 68.9 Å². The molecule has 4 heterocycles. The second-order valence-corrected chi connectivity index (χ2v) is 11.1. The summed E-state index contributed by atoms with van der Waals surface area (Å²) in [5.41, 5.74) is 3.04. The van der Waals surface area contributed by atoms with Crippen LogP contribution in [-0.4, -0.2) is 56.7 Å². The molecule has 0 saturated carbocycles. The highest BCUT2D eigenvalue weighted by Crippen LogP contribution is 2.31. The summed E-state index contributed by atoms with van der Waals surface area (Å²) in [5, 5.41) is 8.66. The highest BCUT2D eigenvalue weighted by molar-refractivity contribution is 7.97. The molecule has 0 bridgehead atoms. The Labute approximate surface area is 247 Å². The number of nitrogens with zero attached hydrogens (tertiary/aromatic N) is 6. The number of benzene rings is 1. The van der Waals surface area contributed by atoms with Crippen molar-refractivity contribution in [2.24, 2.45) is 7.05 Å². The van der Waals surface area contributed by atoms with Crippen molar-refractivity contribution >= 4 is 52.0 Å². The van der Waals surface area contributed by atoms with Crippen molar-refractivity contribution in [3.63, 3.8) is 0 Å². The van der Waals surface area contributed by atoms with Crippen LogP contribution in [0.5, 0.6) is 5.88 Å². The quantitative estimate of drug-likeness (QED) is 0.223. The van der Waals surface area contributed by atoms with Crippen molar-refractivity contribution in [1.82, 2.24) is 29.0 Å². The number of methoxy groups -OCH3 is 1. The van der Waals surface area contributed by atoms with Gasteiger partial charge in [0, 0.05) is 44.2 Å². The molecule has 1 amide bonds. The van der Waals surface area contributed by atoms with Gasteiger partial charge in [-0.05, 0) is 50.5 Å². The molecule has 13 heteroatoms. The van der Waals surface area contributed by atoms with Gasteiger partial charge in [-0.15, -0.1) is 5.10 Å². The smallest absolute Gasteiger partial charge is 0.281 e. The van der Waals surface area contributed by atoms with Crippen molar-refractivity contribution < 1.29 is 9.53 Å². The van der Waals surface area contributed by atoms with Gasteiger partial charge in [-0.1, -0.05) is 29.6 Å². The number of nitrogens with one attached hydrogen (secondary N) is 2. The maximum absolute atomic E-state index is 13.6. The number of anilines is 2. The Bertz CT molecular complexity index is 1650. The molecule has 4 aromatic rings. The van der Waals surface area contributed by atoms with Crippen molar-refractivity contribution in [2.45, 2.75) is 38.8 Å². The number of halogens is 1. The molecule has 1 aromatic carbocycles. The van der Waals surface area contributed by atoms with E-state index >= 15 is 0 Å². The largest absolute Gasteiger partial charge is 0.480 e. The normalized spacial score (nSPS) is 14.7. The zero-order valence-corrected chi connectivity index (χ0v) is 25.2. The van der Waals surface area contributed by atoms with Crippen LogP contribution in [0.25, 0.3) is 10.9 Å². The van der Waals surface area contributed by atoms with Crippen LogP contribution in [0.1, 0.15) is 53.5 Å². The van der Waals surface area contributed by atoms with Gasteiger partial charge in [-0.2, -0.15) is 0 Å². The number of aromatic nitrogens is 5. The van der Waals surface area contributed by atoms with E-state index in [9.17, 15) is 9.59 Å². The number of carbonyl (C=O) groups is 1. The molecule has 5 rings (SSSR count). The van der Waals surface area contributed by atoms with Gasteiger partial charge in [-0.3, -0.25) is 23.6 Å². The number of carbonyl (C=O) groups excluding carboxylic acids is 1. The molecule has 1 aliphatic heterocycles. The van der Waals surface area contributed by atoms with Crippen LogP contribution >= 0.6 is 23.5 Å². The molecule has 0 spiro atoms. The number of rotatable bonds is 8. The maximum Gasteiger partial charge on any atom is 0.281 e. The van der Waals surface area contributed by atoms with E-state index in [1.807, 2.05) is 42.9 Å². The molecule has 1 unspecified atom stereocenters. The summed E-state index contributed by atoms with van der Waals surface area (Å²) in [7, 11) is 3.38. The summed E-state index contributed by atoms with van der Waals surface area (Å²) in [5.74, 6) is 0.877. The van der Waals surface area contributed by atoms with Crippen LogP contribution in [0.3, 0.4) is 0 Å². The number of amides is 1. The van der Waals surface area contributed by atoms with Crippen LogP contribution in [-0.2, 0) is 7.05 Å². The van der Waals surface area contributed by atoms with Crippen LogP contribution in [0, 0.1) is 6.92 Å². The number of hydrogen-bond donors (Lipinski definition) is 2. The minimum Gasteiger partial charge on any atom is -0.480 e. The average Bonchev–Trinajstić information content (AvgIpc) is 3.45. The number of fused-ring (bicyclic) bond motifs is 1. The van der Waals surface area contributed by atoms with Gasteiger partial charge in [-0.25, -0.2) is 9.97 Å². The SMILES string of the molecule is COc1ccn(C2CCN(c3nc4c(C(C)Nc5ccc(Cl)nc5C(=O)NSC)cc(C)cc4c(=O)n3C)CC2)n1. The monoisotopic (exact) mass is 596 g/mol. The zero-order valence-electron chi connectivity index (χ0n) is 23.6. The Morgan fingerprint density at radius 3 is 2.63 bits per heavy atom. The highest BCUT2D eigenvalue weighted by Gasteiger charge is 2.26. The Kier molecular flexibility index (Phi) is 8.41. The van der Waals surface area contributed by atoms with Crippen LogP contribution in [0.2, 0.25) is 5.15 Å². The molecule has 1 aliphatic rings. The lowest BCUT2D eigenvalue weighted by Crippen LogP contribution is -2.39. The molecule has 11 nitrogen and oxygen atoms in total. The zero-order chi connectivity index (χ0) is 29.3. The molecule has 1 fully saturated rings. The van der Waals surface area contributed by atoms with Crippen molar-refractivity contribution in [2.75, 3.05) is 36.7 Å². The number of ether oxygens (including phenoxy) is 1. The van der Waals surface area contributed by atoms with Crippen molar-refractivity contribution in [1.29, 1.82) is 0 Å². The third-order valence-corrected chi connectivity index (χ3v) is 7.95. The molecule has 216 valence electrons. The molecule has 1 atom stereocenters. The summed E-state index contributed by atoms with van der Waals surface area (Å²) in [6, 6.07) is 9.08. The highest BCUT2D eigenvalue weighted by atomic mass is 35.5. The molecule has 3 aromatic heterocycles. The number of piperidine rings is 1. The molecule has 0 radical (unpaired) electrons. The Balaban J connectivity index is 1.47. The molecule has 41 heavy (non-hydrogen) atoms. The fourth-order valence-corrected chi connectivity index (χ4v) is 5.72. The van der Waals surface area contributed by atoms with Crippen LogP contribution in [0.4, 0.5) is 11.6 Å². The van der Waals surface area contributed by atoms with E-state index in [1.54, 1.807) is 37.1 Å². The number of aryl methyl sites for hydroxylation is 1. The topological polar surface area (TPSA) is 119 Å². The Morgan fingerprint density at radius 2 is 1.95 bits per heavy atom. The van der Waals surface area contributed by atoms with E-state index in [-0.39, 0.29) is 34.4 Å². The Morgan fingerprint density at radius 1 is 1.20 bits per heavy atom. The molecule has 2 N–H and O–H groups in total. The average molecular weight is 597 g/mol. The van der Waals surface area contributed by atoms with E-state index < -0.39 is 0 Å². The standard InChI is InChI=1S/C28H33ClN8O3S/c1-16-14-19(17(2)30-21-6-7-22(29)31-25(21)26(38)34-41-5)24-20(15-16)27(39)35(3)28(32-24)36-11-8-18(9-12-36)37-13-10-23(33-37)40-4/h6-7,10,13-15,17-18,30H,8-9,11-12H2,1-5H3,(H,34,38). The second-order valence-electron chi connectivity index (χ2n) is 10.1.